The molecule has 0 saturated heterocycles. The number of anilines is 2. The summed E-state index contributed by atoms with van der Waals surface area (Å²) in [4.78, 5) is 0. The minimum absolute atomic E-state index is 0.407. The normalized spacial score (nSPS) is 15.1. The molecule has 0 heterocycles. The number of hydrogen-bond donors (Lipinski definition) is 4. The molecule has 0 spiro atoms. The van der Waals surface area contributed by atoms with E-state index in [-0.39, 0.29) is 0 Å². The maximum Gasteiger partial charge on any atom is 0.107 e. The molecule has 0 bridgehead atoms. The zero-order valence-corrected chi connectivity index (χ0v) is 8.14. The van der Waals surface area contributed by atoms with E-state index in [0.29, 0.717) is 23.4 Å². The van der Waals surface area contributed by atoms with Crippen LogP contribution >= 0.6 is 0 Å². The Balaban J connectivity index is 2.95. The lowest BCUT2D eigenvalue weighted by Gasteiger charge is -2.18. The van der Waals surface area contributed by atoms with E-state index in [0.717, 1.165) is 0 Å². The van der Waals surface area contributed by atoms with Crippen LogP contribution < -0.4 is 11.5 Å². The van der Waals surface area contributed by atoms with Crippen molar-refractivity contribution >= 4 is 11.4 Å². The van der Waals surface area contributed by atoms with Gasteiger partial charge in [0.15, 0.2) is 0 Å². The van der Waals surface area contributed by atoms with E-state index in [4.69, 9.17) is 11.5 Å². The van der Waals surface area contributed by atoms with E-state index in [1.54, 1.807) is 25.1 Å². The molecule has 4 heteroatoms. The van der Waals surface area contributed by atoms with Gasteiger partial charge in [-0.05, 0) is 18.6 Å². The van der Waals surface area contributed by atoms with E-state index in [2.05, 4.69) is 0 Å². The summed E-state index contributed by atoms with van der Waals surface area (Å²) >= 11 is 0. The van der Waals surface area contributed by atoms with E-state index >= 15 is 0 Å². The average molecular weight is 196 g/mol. The molecule has 14 heavy (non-hydrogen) atoms. The summed E-state index contributed by atoms with van der Waals surface area (Å²) in [5.41, 5.74) is 12.7. The lowest BCUT2D eigenvalue weighted by molar-refractivity contribution is 0.0169. The van der Waals surface area contributed by atoms with Crippen LogP contribution in [0, 0.1) is 0 Å². The van der Waals surface area contributed by atoms with Crippen molar-refractivity contribution in [1.29, 1.82) is 0 Å². The maximum absolute atomic E-state index is 9.69. The first-order valence-electron chi connectivity index (χ1n) is 4.57. The summed E-state index contributed by atoms with van der Waals surface area (Å²) in [5.74, 6) is 0. The Morgan fingerprint density at radius 2 is 1.93 bits per heavy atom. The lowest BCUT2D eigenvalue weighted by Crippen LogP contribution is -2.18. The molecule has 2 atom stereocenters. The molecule has 2 unspecified atom stereocenters. The number of benzene rings is 1. The molecular weight excluding hydrogens is 180 g/mol. The fourth-order valence-electron chi connectivity index (χ4n) is 1.29. The summed E-state index contributed by atoms with van der Waals surface area (Å²) in [5, 5.41) is 19.1. The molecule has 0 fully saturated rings. The standard InChI is InChI=1S/C10H16N2O2/c1-2-9(13)10(14)7-4-3-6(11)5-8(7)12/h3-5,9-10,13-14H,2,11-12H2,1H3. The second-order valence-electron chi connectivity index (χ2n) is 3.31. The third-order valence-electron chi connectivity index (χ3n) is 2.21. The van der Waals surface area contributed by atoms with Gasteiger partial charge in [0, 0.05) is 16.9 Å². The Kier molecular flexibility index (Phi) is 3.33. The molecule has 0 aliphatic carbocycles. The maximum atomic E-state index is 9.69. The van der Waals surface area contributed by atoms with Crippen LogP contribution in [0.4, 0.5) is 11.4 Å². The number of hydrogen-bond acceptors (Lipinski definition) is 4. The van der Waals surface area contributed by atoms with Gasteiger partial charge in [-0.15, -0.1) is 0 Å². The minimum atomic E-state index is -0.944. The molecule has 1 aromatic rings. The molecule has 1 rings (SSSR count). The fraction of sp³-hybridized carbons (Fsp3) is 0.400. The van der Waals surface area contributed by atoms with E-state index in [1.165, 1.54) is 0 Å². The first-order chi connectivity index (χ1) is 6.56. The van der Waals surface area contributed by atoms with Crippen LogP contribution in [0.5, 0.6) is 0 Å². The van der Waals surface area contributed by atoms with Crippen molar-refractivity contribution in [2.24, 2.45) is 0 Å². The Morgan fingerprint density at radius 1 is 1.29 bits per heavy atom. The second kappa shape index (κ2) is 4.30. The topological polar surface area (TPSA) is 92.5 Å². The highest BCUT2D eigenvalue weighted by atomic mass is 16.3. The number of nitrogen functional groups attached to an aromatic ring is 2. The van der Waals surface area contributed by atoms with Crippen molar-refractivity contribution in [2.45, 2.75) is 25.6 Å². The van der Waals surface area contributed by atoms with Gasteiger partial charge in [0.05, 0.1) is 6.10 Å². The van der Waals surface area contributed by atoms with Gasteiger partial charge in [0.2, 0.25) is 0 Å². The number of aliphatic hydroxyl groups excluding tert-OH is 2. The molecule has 0 saturated carbocycles. The SMILES string of the molecule is CCC(O)C(O)c1ccc(N)cc1N. The molecule has 1 aromatic carbocycles. The third kappa shape index (κ3) is 2.16. The molecule has 6 N–H and O–H groups in total. The summed E-state index contributed by atoms with van der Waals surface area (Å²) in [6.45, 7) is 1.79. The quantitative estimate of drug-likeness (QED) is 0.534. The first-order valence-corrected chi connectivity index (χ1v) is 4.57. The minimum Gasteiger partial charge on any atom is -0.399 e. The van der Waals surface area contributed by atoms with Crippen molar-refractivity contribution < 1.29 is 10.2 Å². The van der Waals surface area contributed by atoms with Crippen LogP contribution in [0.15, 0.2) is 18.2 Å². The van der Waals surface area contributed by atoms with Crippen molar-refractivity contribution in [1.82, 2.24) is 0 Å². The lowest BCUT2D eigenvalue weighted by atomic mass is 10.0. The van der Waals surface area contributed by atoms with Crippen molar-refractivity contribution in [3.05, 3.63) is 23.8 Å². The largest absolute Gasteiger partial charge is 0.399 e. The molecule has 78 valence electrons. The van der Waals surface area contributed by atoms with Gasteiger partial charge in [-0.2, -0.15) is 0 Å². The highest BCUT2D eigenvalue weighted by molar-refractivity contribution is 5.57. The van der Waals surface area contributed by atoms with Gasteiger partial charge in [-0.25, -0.2) is 0 Å². The highest BCUT2D eigenvalue weighted by Gasteiger charge is 2.18. The van der Waals surface area contributed by atoms with Gasteiger partial charge in [-0.3, -0.25) is 0 Å². The molecular formula is C10H16N2O2. The Morgan fingerprint density at radius 3 is 2.43 bits per heavy atom. The molecule has 0 aromatic heterocycles. The Labute approximate surface area is 83.2 Å². The zero-order chi connectivity index (χ0) is 10.7. The van der Waals surface area contributed by atoms with E-state index in [9.17, 15) is 10.2 Å². The van der Waals surface area contributed by atoms with Crippen LogP contribution in [-0.4, -0.2) is 16.3 Å². The highest BCUT2D eigenvalue weighted by Crippen LogP contribution is 2.25. The fourth-order valence-corrected chi connectivity index (χ4v) is 1.29. The third-order valence-corrected chi connectivity index (χ3v) is 2.21. The summed E-state index contributed by atoms with van der Waals surface area (Å²) in [6.07, 6.45) is -1.26. The number of rotatable bonds is 3. The van der Waals surface area contributed by atoms with E-state index < -0.39 is 12.2 Å². The Hall–Kier alpha value is -1.26. The molecule has 0 aliphatic heterocycles. The van der Waals surface area contributed by atoms with Gasteiger partial charge >= 0.3 is 0 Å². The van der Waals surface area contributed by atoms with Crippen molar-refractivity contribution in [3.8, 4) is 0 Å². The summed E-state index contributed by atoms with van der Waals surface area (Å²) in [6, 6.07) is 4.85. The van der Waals surface area contributed by atoms with Crippen LogP contribution in [0.25, 0.3) is 0 Å². The average Bonchev–Trinajstić information content (AvgIpc) is 2.15. The van der Waals surface area contributed by atoms with E-state index in [1.807, 2.05) is 0 Å². The summed E-state index contributed by atoms with van der Waals surface area (Å²) < 4.78 is 0. The second-order valence-corrected chi connectivity index (χ2v) is 3.31. The molecule has 0 radical (unpaired) electrons. The first kappa shape index (κ1) is 10.8. The van der Waals surface area contributed by atoms with Crippen LogP contribution in [0.2, 0.25) is 0 Å². The number of aliphatic hydroxyl groups is 2. The van der Waals surface area contributed by atoms with Crippen LogP contribution in [0.3, 0.4) is 0 Å². The van der Waals surface area contributed by atoms with Gasteiger partial charge in [-0.1, -0.05) is 13.0 Å². The molecule has 0 amide bonds. The van der Waals surface area contributed by atoms with Crippen LogP contribution in [-0.2, 0) is 0 Å². The van der Waals surface area contributed by atoms with Gasteiger partial charge in [0.25, 0.3) is 0 Å². The van der Waals surface area contributed by atoms with Crippen molar-refractivity contribution in [3.63, 3.8) is 0 Å². The number of nitrogens with two attached hydrogens (primary N) is 2. The predicted molar refractivity (Wildman–Crippen MR) is 56.5 cm³/mol. The predicted octanol–water partition coefficient (Wildman–Crippen LogP) is 0.655. The summed E-state index contributed by atoms with van der Waals surface area (Å²) in [7, 11) is 0. The molecule has 4 nitrogen and oxygen atoms in total. The van der Waals surface area contributed by atoms with Crippen LogP contribution in [0.1, 0.15) is 25.0 Å². The van der Waals surface area contributed by atoms with Gasteiger partial charge in [0.1, 0.15) is 6.10 Å². The Bertz CT molecular complexity index is 315. The monoisotopic (exact) mass is 196 g/mol. The zero-order valence-electron chi connectivity index (χ0n) is 8.14. The van der Waals surface area contributed by atoms with Crippen molar-refractivity contribution in [2.75, 3.05) is 11.5 Å². The molecule has 0 aliphatic rings. The van der Waals surface area contributed by atoms with Gasteiger partial charge < -0.3 is 21.7 Å². The smallest absolute Gasteiger partial charge is 0.107 e.